The Kier molecular flexibility index (Phi) is 9.77. The lowest BCUT2D eigenvalue weighted by Gasteiger charge is -2.31. The van der Waals surface area contributed by atoms with Crippen LogP contribution in [0.1, 0.15) is 71.7 Å². The van der Waals surface area contributed by atoms with Crippen LogP contribution in [-0.4, -0.2) is 80.1 Å². The van der Waals surface area contributed by atoms with E-state index in [4.69, 9.17) is 19.4 Å². The molecule has 3 aromatic carbocycles. The minimum Gasteiger partial charge on any atom is -0.453 e. The summed E-state index contributed by atoms with van der Waals surface area (Å²) in [5.74, 6) is 1.58. The van der Waals surface area contributed by atoms with Crippen LogP contribution < -0.4 is 10.6 Å². The highest BCUT2D eigenvalue weighted by Crippen LogP contribution is 2.56. The van der Waals surface area contributed by atoms with E-state index < -0.39 is 24.1 Å². The molecular formula is C47H46N8O6. The fraction of sp³-hybridized carbons (Fsp3) is 0.319. The molecule has 2 aliphatic heterocycles. The van der Waals surface area contributed by atoms with E-state index in [0.717, 1.165) is 69.4 Å². The lowest BCUT2D eigenvalue weighted by atomic mass is 9.79. The number of Topliss-reactive ketones (excluding diaryl/α,β-unsaturated/α-hetero) is 1. The number of hydrogen-bond acceptors (Lipinski definition) is 8. The summed E-state index contributed by atoms with van der Waals surface area (Å²) in [5.41, 5.74) is 8.67. The molecule has 7 atom stereocenters. The second-order valence-electron chi connectivity index (χ2n) is 16.6. The third-order valence-corrected chi connectivity index (χ3v) is 13.1. The zero-order valence-corrected chi connectivity index (χ0v) is 33.8. The van der Waals surface area contributed by atoms with Crippen LogP contribution in [0.2, 0.25) is 0 Å². The Morgan fingerprint density at radius 1 is 0.787 bits per heavy atom. The number of nitrogens with one attached hydrogen (secondary N) is 4. The highest BCUT2D eigenvalue weighted by Gasteiger charge is 2.56. The van der Waals surface area contributed by atoms with Gasteiger partial charge in [-0.25, -0.2) is 19.6 Å². The van der Waals surface area contributed by atoms with E-state index in [0.29, 0.717) is 43.3 Å². The van der Waals surface area contributed by atoms with Crippen molar-refractivity contribution in [3.63, 3.8) is 0 Å². The highest BCUT2D eigenvalue weighted by molar-refractivity contribution is 5.89. The quantitative estimate of drug-likeness (QED) is 0.120. The van der Waals surface area contributed by atoms with Gasteiger partial charge in [-0.3, -0.25) is 9.59 Å². The summed E-state index contributed by atoms with van der Waals surface area (Å²) < 4.78 is 11.9. The number of amides is 3. The average Bonchev–Trinajstić information content (AvgIpc) is 3.73. The molecule has 3 aromatic heterocycles. The Hall–Kier alpha value is -6.96. The average molecular weight is 819 g/mol. The summed E-state index contributed by atoms with van der Waals surface area (Å²) in [7, 11) is 2.63. The standard InChI is InChI=1S/C47H46N8O6/c1-60-46(58)52-35-17-16-31-18-19-54-24-33(21-38(56)39(35)41(31)54)43-48-22-36(50-43)28-12-8-26(9-13-28)27-10-14-29(15-11-27)37-23-49-44(51-37)42-34-20-32(34)25-55(42)45(57)40(53-47(59)61-2)30-6-4-3-5-7-30/h3-15,18-19,22-23,32-35,39-40,42H,16-17,20-21,24-25H2,1-2H3,(H,48,50)(H,49,51)(H,52,58)(H,53,59)/t32?,33-,34-,35-,39?,40+,42?/m0/s1. The molecule has 14 nitrogen and oxygen atoms in total. The maximum atomic E-state index is 14.1. The number of imidazole rings is 2. The molecule has 4 N–H and O–H groups in total. The van der Waals surface area contributed by atoms with Crippen LogP contribution in [0.5, 0.6) is 0 Å². The molecule has 1 saturated heterocycles. The number of carbonyl (C=O) groups is 4. The number of ketones is 1. The molecule has 2 fully saturated rings. The van der Waals surface area contributed by atoms with Gasteiger partial charge in [-0.1, -0.05) is 78.9 Å². The Labute approximate surface area is 352 Å². The number of aromatic nitrogens is 5. The van der Waals surface area contributed by atoms with Gasteiger partial charge in [0.25, 0.3) is 5.91 Å². The molecule has 0 radical (unpaired) electrons. The van der Waals surface area contributed by atoms with E-state index in [-0.39, 0.29) is 29.7 Å². The predicted octanol–water partition coefficient (Wildman–Crippen LogP) is 7.06. The molecule has 0 spiro atoms. The first-order valence-electron chi connectivity index (χ1n) is 20.8. The maximum absolute atomic E-state index is 14.1. The van der Waals surface area contributed by atoms with Crippen molar-refractivity contribution < 1.29 is 28.7 Å². The fourth-order valence-corrected chi connectivity index (χ4v) is 9.87. The summed E-state index contributed by atoms with van der Waals surface area (Å²) in [6.45, 7) is 1.23. The molecule has 14 heteroatoms. The fourth-order valence-electron chi connectivity index (χ4n) is 9.87. The SMILES string of the molecule is COC(=O)N[C@H]1CCc2ccn3c2C1C(=O)C[C@H](c1ncc(-c2ccc(-c4ccc(-c5cnc(C6[C@H]7CC7CN6C(=O)[C@H](NC(=O)OC)c6ccccc6)[nH]5)cc4)cc2)[nH]1)C3. The zero-order valence-electron chi connectivity index (χ0n) is 33.8. The van der Waals surface area contributed by atoms with Gasteiger partial charge in [-0.05, 0) is 70.5 Å². The molecule has 3 amide bonds. The molecular weight excluding hydrogens is 773 g/mol. The normalized spacial score (nSPS) is 23.0. The Morgan fingerprint density at radius 3 is 2.10 bits per heavy atom. The van der Waals surface area contributed by atoms with Crippen LogP contribution in [0.3, 0.4) is 0 Å². The van der Waals surface area contributed by atoms with Crippen molar-refractivity contribution in [2.45, 2.75) is 62.2 Å². The van der Waals surface area contributed by atoms with Gasteiger partial charge < -0.3 is 39.5 Å². The van der Waals surface area contributed by atoms with Gasteiger partial charge in [-0.2, -0.15) is 0 Å². The Morgan fingerprint density at radius 2 is 1.43 bits per heavy atom. The summed E-state index contributed by atoms with van der Waals surface area (Å²) in [4.78, 5) is 70.8. The summed E-state index contributed by atoms with van der Waals surface area (Å²) in [6.07, 6.45) is 7.36. The van der Waals surface area contributed by atoms with E-state index in [1.807, 2.05) is 47.6 Å². The van der Waals surface area contributed by atoms with E-state index in [1.54, 1.807) is 0 Å². The summed E-state index contributed by atoms with van der Waals surface area (Å²) in [6, 6.07) is 26.6. The summed E-state index contributed by atoms with van der Waals surface area (Å²) in [5, 5.41) is 5.65. The number of alkyl carbamates (subject to hydrolysis) is 2. The largest absolute Gasteiger partial charge is 0.453 e. The number of carbonyl (C=O) groups excluding carboxylic acids is 4. The van der Waals surface area contributed by atoms with Crippen molar-refractivity contribution in [1.29, 1.82) is 0 Å². The van der Waals surface area contributed by atoms with Crippen molar-refractivity contribution in [3.05, 3.63) is 132 Å². The number of likely N-dealkylation sites (tertiary alicyclic amines) is 1. The van der Waals surface area contributed by atoms with Crippen LogP contribution in [0.15, 0.2) is 104 Å². The Bertz CT molecular complexity index is 2610. The first-order chi connectivity index (χ1) is 29.8. The molecule has 3 unspecified atom stereocenters. The Balaban J connectivity index is 0.817. The number of ether oxygens (including phenoxy) is 2. The van der Waals surface area contributed by atoms with Crippen LogP contribution in [-0.2, 0) is 32.0 Å². The first kappa shape index (κ1) is 38.3. The smallest absolute Gasteiger partial charge is 0.407 e. The van der Waals surface area contributed by atoms with Crippen LogP contribution in [0.25, 0.3) is 33.6 Å². The molecule has 1 saturated carbocycles. The van der Waals surface area contributed by atoms with Crippen LogP contribution >= 0.6 is 0 Å². The van der Waals surface area contributed by atoms with Gasteiger partial charge in [0.2, 0.25) is 0 Å². The van der Waals surface area contributed by atoms with E-state index in [9.17, 15) is 19.2 Å². The maximum Gasteiger partial charge on any atom is 0.407 e. The molecule has 5 heterocycles. The second-order valence-corrected chi connectivity index (χ2v) is 16.6. The van der Waals surface area contributed by atoms with E-state index >= 15 is 0 Å². The number of rotatable bonds is 9. The number of H-pyrrole nitrogens is 2. The van der Waals surface area contributed by atoms with Crippen LogP contribution in [0.4, 0.5) is 9.59 Å². The van der Waals surface area contributed by atoms with Gasteiger partial charge in [0.15, 0.2) is 0 Å². The highest BCUT2D eigenvalue weighted by atomic mass is 16.5. The molecule has 0 bridgehead atoms. The molecule has 4 aliphatic rings. The van der Waals surface area contributed by atoms with E-state index in [2.05, 4.69) is 86.0 Å². The monoisotopic (exact) mass is 818 g/mol. The molecule has 2 aliphatic carbocycles. The number of aromatic amines is 2. The number of piperidine rings is 1. The topological polar surface area (TPSA) is 176 Å². The molecule has 310 valence electrons. The number of aryl methyl sites for hydroxylation is 1. The van der Waals surface area contributed by atoms with Crippen molar-refractivity contribution in [3.8, 4) is 33.6 Å². The number of fused-ring (bicyclic) bond motifs is 1. The molecule has 61 heavy (non-hydrogen) atoms. The lowest BCUT2D eigenvalue weighted by molar-refractivity contribution is -0.135. The minimum absolute atomic E-state index is 0.0958. The minimum atomic E-state index is -0.872. The van der Waals surface area contributed by atoms with Crippen molar-refractivity contribution in [1.82, 2.24) is 40.0 Å². The number of hydrogen-bond donors (Lipinski definition) is 4. The second kappa shape index (κ2) is 15.6. The van der Waals surface area contributed by atoms with Crippen molar-refractivity contribution in [2.24, 2.45) is 11.8 Å². The first-order valence-corrected chi connectivity index (χ1v) is 20.8. The van der Waals surface area contributed by atoms with Gasteiger partial charge >= 0.3 is 12.2 Å². The number of methoxy groups -OCH3 is 2. The molecule has 10 rings (SSSR count). The van der Waals surface area contributed by atoms with Gasteiger partial charge in [-0.15, -0.1) is 0 Å². The zero-order chi connectivity index (χ0) is 41.8. The summed E-state index contributed by atoms with van der Waals surface area (Å²) >= 11 is 0. The van der Waals surface area contributed by atoms with Crippen LogP contribution in [0, 0.1) is 11.8 Å². The third-order valence-electron chi connectivity index (χ3n) is 13.1. The van der Waals surface area contributed by atoms with Crippen molar-refractivity contribution >= 4 is 23.9 Å². The van der Waals surface area contributed by atoms with Gasteiger partial charge in [0, 0.05) is 43.4 Å². The van der Waals surface area contributed by atoms with Crippen molar-refractivity contribution in [2.75, 3.05) is 20.8 Å². The van der Waals surface area contributed by atoms with Gasteiger partial charge in [0.05, 0.1) is 50.0 Å². The predicted molar refractivity (Wildman–Crippen MR) is 225 cm³/mol. The third kappa shape index (κ3) is 7.15. The number of benzene rings is 3. The van der Waals surface area contributed by atoms with E-state index in [1.165, 1.54) is 14.2 Å². The number of nitrogens with zero attached hydrogens (tertiary/aromatic N) is 4. The lowest BCUT2D eigenvalue weighted by Crippen LogP contribution is -2.44. The molecule has 6 aromatic rings. The van der Waals surface area contributed by atoms with Gasteiger partial charge in [0.1, 0.15) is 23.5 Å².